The molecule has 0 saturated heterocycles. The van der Waals surface area contributed by atoms with E-state index < -0.39 is 5.41 Å². The molecule has 0 unspecified atom stereocenters. The van der Waals surface area contributed by atoms with Crippen LogP contribution >= 0.6 is 0 Å². The van der Waals surface area contributed by atoms with E-state index in [1.165, 1.54) is 44.5 Å². The lowest BCUT2D eigenvalue weighted by Crippen LogP contribution is -2.26. The van der Waals surface area contributed by atoms with Gasteiger partial charge in [0, 0.05) is 38.2 Å². The van der Waals surface area contributed by atoms with E-state index in [-0.39, 0.29) is 0 Å². The molecule has 0 bridgehead atoms. The molecule has 0 amide bonds. The summed E-state index contributed by atoms with van der Waals surface area (Å²) in [5.41, 5.74) is 16.9. The summed E-state index contributed by atoms with van der Waals surface area (Å²) in [6.07, 6.45) is 0. The minimum absolute atomic E-state index is 0.496. The Labute approximate surface area is 360 Å². The number of rotatable bonds is 4. The van der Waals surface area contributed by atoms with Crippen LogP contribution in [0.15, 0.2) is 203 Å². The van der Waals surface area contributed by atoms with Crippen LogP contribution in [0.4, 0.5) is 0 Å². The zero-order valence-corrected chi connectivity index (χ0v) is 33.6. The summed E-state index contributed by atoms with van der Waals surface area (Å²) < 4.78 is 13.5. The number of benzene rings is 8. The number of fused-ring (bicyclic) bond motifs is 17. The van der Waals surface area contributed by atoms with Gasteiger partial charge in [-0.15, -0.1) is 0 Å². The van der Waals surface area contributed by atoms with Crippen LogP contribution in [-0.2, 0) is 5.41 Å². The molecule has 6 nitrogen and oxygen atoms in total. The van der Waals surface area contributed by atoms with Crippen LogP contribution in [0.2, 0.25) is 0 Å². The number of para-hydroxylation sites is 1. The maximum atomic E-state index is 6.93. The van der Waals surface area contributed by atoms with E-state index in [9.17, 15) is 0 Å². The van der Waals surface area contributed by atoms with Crippen molar-refractivity contribution in [3.05, 3.63) is 216 Å². The van der Waals surface area contributed by atoms with E-state index in [1.54, 1.807) is 0 Å². The molecule has 0 fully saturated rings. The summed E-state index contributed by atoms with van der Waals surface area (Å²) in [5, 5.41) is 4.36. The molecule has 0 saturated carbocycles. The predicted molar refractivity (Wildman–Crippen MR) is 250 cm³/mol. The van der Waals surface area contributed by atoms with E-state index in [2.05, 4.69) is 121 Å². The Morgan fingerprint density at radius 2 is 0.952 bits per heavy atom. The molecule has 0 atom stereocenters. The summed E-state index contributed by atoms with van der Waals surface area (Å²) in [6, 6.07) is 67.7. The molecule has 12 aromatic rings. The van der Waals surface area contributed by atoms with Gasteiger partial charge in [0.15, 0.2) is 17.5 Å². The largest absolute Gasteiger partial charge is 0.456 e. The number of aromatic nitrogens is 4. The highest BCUT2D eigenvalue weighted by Crippen LogP contribution is 2.65. The highest BCUT2D eigenvalue weighted by molar-refractivity contribution is 6.16. The van der Waals surface area contributed by atoms with Gasteiger partial charge in [0.25, 0.3) is 0 Å². The third-order valence-electron chi connectivity index (χ3n) is 13.1. The second-order valence-corrected chi connectivity index (χ2v) is 16.5. The Morgan fingerprint density at radius 3 is 1.75 bits per heavy atom. The molecule has 2 aliphatic carbocycles. The lowest BCUT2D eigenvalue weighted by atomic mass is 9.69. The second-order valence-electron chi connectivity index (χ2n) is 16.5. The topological polar surface area (TPSA) is 77.8 Å². The minimum atomic E-state index is -0.616. The van der Waals surface area contributed by atoms with Crippen LogP contribution in [0.3, 0.4) is 0 Å². The Bertz CT molecular complexity index is 3820. The molecule has 8 aromatic carbocycles. The van der Waals surface area contributed by atoms with E-state index in [0.29, 0.717) is 23.2 Å². The highest BCUT2D eigenvalue weighted by atomic mass is 16.3. The molecule has 0 aliphatic heterocycles. The monoisotopic (exact) mass is 804 g/mol. The lowest BCUT2D eigenvalue weighted by Gasteiger charge is -2.31. The third kappa shape index (κ3) is 4.77. The molecule has 0 N–H and O–H groups in total. The van der Waals surface area contributed by atoms with Crippen molar-refractivity contribution in [1.82, 2.24) is 19.9 Å². The van der Waals surface area contributed by atoms with E-state index in [4.69, 9.17) is 28.8 Å². The minimum Gasteiger partial charge on any atom is -0.456 e. The van der Waals surface area contributed by atoms with Crippen molar-refractivity contribution in [1.29, 1.82) is 0 Å². The fourth-order valence-electron chi connectivity index (χ4n) is 10.5. The molecule has 2 aliphatic rings. The van der Waals surface area contributed by atoms with Crippen molar-refractivity contribution >= 4 is 43.9 Å². The highest BCUT2D eigenvalue weighted by Gasteiger charge is 2.53. The molecule has 6 heteroatoms. The molecule has 63 heavy (non-hydrogen) atoms. The molecule has 1 spiro atoms. The first-order valence-corrected chi connectivity index (χ1v) is 21.2. The van der Waals surface area contributed by atoms with E-state index >= 15 is 0 Å². The Balaban J connectivity index is 1.01. The van der Waals surface area contributed by atoms with E-state index in [0.717, 1.165) is 66.3 Å². The molecule has 292 valence electrons. The van der Waals surface area contributed by atoms with Crippen molar-refractivity contribution in [3.63, 3.8) is 0 Å². The van der Waals surface area contributed by atoms with Crippen LogP contribution in [0.1, 0.15) is 22.3 Å². The Hall–Kier alpha value is -8.48. The summed E-state index contributed by atoms with van der Waals surface area (Å²) in [4.78, 5) is 20.2. The molecule has 14 rings (SSSR count). The zero-order chi connectivity index (χ0) is 41.2. The van der Waals surface area contributed by atoms with Crippen LogP contribution < -0.4 is 0 Å². The van der Waals surface area contributed by atoms with Crippen LogP contribution in [-0.4, -0.2) is 19.9 Å². The summed E-state index contributed by atoms with van der Waals surface area (Å²) in [6.45, 7) is 0. The quantitative estimate of drug-likeness (QED) is 0.176. The van der Waals surface area contributed by atoms with Gasteiger partial charge in [0.2, 0.25) is 0 Å². The number of nitrogens with zero attached hydrogens (tertiary/aromatic N) is 4. The van der Waals surface area contributed by atoms with Gasteiger partial charge in [-0.3, -0.25) is 0 Å². The molecule has 4 aromatic heterocycles. The molecular formula is C57H32N4O2. The Morgan fingerprint density at radius 1 is 0.317 bits per heavy atom. The van der Waals surface area contributed by atoms with Gasteiger partial charge in [-0.05, 0) is 93.0 Å². The van der Waals surface area contributed by atoms with Crippen LogP contribution in [0.5, 0.6) is 0 Å². The fraction of sp³-hybridized carbons (Fsp3) is 0.0175. The molecular weight excluding hydrogens is 773 g/mol. The SMILES string of the molecule is c1ccc(-c2cccc(-c3nc(-c4ccccc4)nc(-c4ccc5c(c4)oc4ccc6c(c45)C4(c5ccccc5-c5ccccc54)c4cc5oc7ccccc7c5cc4-6)n3)n2)cc1. The van der Waals surface area contributed by atoms with Crippen molar-refractivity contribution < 1.29 is 8.83 Å². The average Bonchev–Trinajstić information content (AvgIpc) is 4.08. The van der Waals surface area contributed by atoms with Gasteiger partial charge in [-0.25, -0.2) is 19.9 Å². The van der Waals surface area contributed by atoms with Crippen molar-refractivity contribution in [2.24, 2.45) is 0 Å². The number of furan rings is 2. The van der Waals surface area contributed by atoms with Crippen molar-refractivity contribution in [2.45, 2.75) is 5.41 Å². The third-order valence-corrected chi connectivity index (χ3v) is 13.1. The van der Waals surface area contributed by atoms with Crippen molar-refractivity contribution in [2.75, 3.05) is 0 Å². The molecule has 0 radical (unpaired) electrons. The summed E-state index contributed by atoms with van der Waals surface area (Å²) in [7, 11) is 0. The van der Waals surface area contributed by atoms with Gasteiger partial charge in [0.05, 0.1) is 11.1 Å². The van der Waals surface area contributed by atoms with Crippen molar-refractivity contribution in [3.8, 4) is 67.8 Å². The maximum absolute atomic E-state index is 6.93. The van der Waals surface area contributed by atoms with Gasteiger partial charge in [-0.2, -0.15) is 0 Å². The predicted octanol–water partition coefficient (Wildman–Crippen LogP) is 14.1. The lowest BCUT2D eigenvalue weighted by molar-refractivity contribution is 0.666. The van der Waals surface area contributed by atoms with Gasteiger partial charge < -0.3 is 8.83 Å². The average molecular weight is 805 g/mol. The van der Waals surface area contributed by atoms with Crippen LogP contribution in [0, 0.1) is 0 Å². The smallest absolute Gasteiger partial charge is 0.182 e. The number of pyridine rings is 1. The first kappa shape index (κ1) is 34.3. The first-order valence-electron chi connectivity index (χ1n) is 21.2. The first-order chi connectivity index (χ1) is 31.2. The molecule has 4 heterocycles. The summed E-state index contributed by atoms with van der Waals surface area (Å²) >= 11 is 0. The van der Waals surface area contributed by atoms with Gasteiger partial charge in [0.1, 0.15) is 28.0 Å². The normalized spacial score (nSPS) is 13.2. The second kappa shape index (κ2) is 12.8. The van der Waals surface area contributed by atoms with Gasteiger partial charge >= 0.3 is 0 Å². The maximum Gasteiger partial charge on any atom is 0.182 e. The Kier molecular flexibility index (Phi) is 6.94. The zero-order valence-electron chi connectivity index (χ0n) is 33.6. The summed E-state index contributed by atoms with van der Waals surface area (Å²) in [5.74, 6) is 1.61. The fourth-order valence-corrected chi connectivity index (χ4v) is 10.5. The number of hydrogen-bond acceptors (Lipinski definition) is 6. The number of hydrogen-bond donors (Lipinski definition) is 0. The van der Waals surface area contributed by atoms with E-state index in [1.807, 2.05) is 72.8 Å². The van der Waals surface area contributed by atoms with Crippen LogP contribution in [0.25, 0.3) is 112 Å². The van der Waals surface area contributed by atoms with Gasteiger partial charge in [-0.1, -0.05) is 146 Å². The standard InChI is InChI=1S/C57H32N4O2/c1-3-14-33(15-4-1)46-23-13-24-47(58-46)56-60-54(34-16-5-2-6-17-34)59-55(61-56)35-26-27-40-50(30-35)63-49-29-28-39-41-31-42-38-20-9-12-25-48(38)62-51(42)32-45(41)57(53(39)52(40)49)43-21-10-7-18-36(43)37-19-8-11-22-44(37)57/h1-32H.